The summed E-state index contributed by atoms with van der Waals surface area (Å²) in [5, 5.41) is 0. The minimum atomic E-state index is 0.0100. The van der Waals surface area contributed by atoms with E-state index in [1.807, 2.05) is 0 Å². The van der Waals surface area contributed by atoms with Crippen LogP contribution in [0.2, 0.25) is 0 Å². The standard InChI is InChI=1S/C11H23NO2/c1-10(2)13-7-5-12-6-8-14-11(3,4)9-12/h10H,5-9H2,1-4H3. The molecule has 0 aliphatic carbocycles. The van der Waals surface area contributed by atoms with E-state index in [-0.39, 0.29) is 5.60 Å². The van der Waals surface area contributed by atoms with Crippen molar-refractivity contribution in [3.8, 4) is 0 Å². The van der Waals surface area contributed by atoms with Crippen molar-refractivity contribution in [1.82, 2.24) is 4.90 Å². The minimum absolute atomic E-state index is 0.0100. The second kappa shape index (κ2) is 5.10. The monoisotopic (exact) mass is 201 g/mol. The maximum absolute atomic E-state index is 5.64. The summed E-state index contributed by atoms with van der Waals surface area (Å²) in [6, 6.07) is 0. The van der Waals surface area contributed by atoms with Crippen molar-refractivity contribution < 1.29 is 9.47 Å². The van der Waals surface area contributed by atoms with E-state index in [4.69, 9.17) is 9.47 Å². The van der Waals surface area contributed by atoms with Crippen LogP contribution in [0.25, 0.3) is 0 Å². The lowest BCUT2D eigenvalue weighted by Crippen LogP contribution is -2.49. The molecule has 0 radical (unpaired) electrons. The number of hydrogen-bond donors (Lipinski definition) is 0. The van der Waals surface area contributed by atoms with Gasteiger partial charge in [0.25, 0.3) is 0 Å². The van der Waals surface area contributed by atoms with E-state index in [1.54, 1.807) is 0 Å². The molecule has 0 bridgehead atoms. The maximum Gasteiger partial charge on any atom is 0.0753 e. The van der Waals surface area contributed by atoms with Gasteiger partial charge in [-0.25, -0.2) is 0 Å². The topological polar surface area (TPSA) is 21.7 Å². The van der Waals surface area contributed by atoms with Crippen molar-refractivity contribution in [1.29, 1.82) is 0 Å². The highest BCUT2D eigenvalue weighted by Gasteiger charge is 2.26. The van der Waals surface area contributed by atoms with E-state index in [2.05, 4.69) is 32.6 Å². The first-order valence-corrected chi connectivity index (χ1v) is 5.47. The summed E-state index contributed by atoms with van der Waals surface area (Å²) in [7, 11) is 0. The highest BCUT2D eigenvalue weighted by molar-refractivity contribution is 4.78. The second-order valence-electron chi connectivity index (χ2n) is 4.80. The normalized spacial score (nSPS) is 22.9. The largest absolute Gasteiger partial charge is 0.377 e. The third kappa shape index (κ3) is 4.40. The van der Waals surface area contributed by atoms with Crippen LogP contribution in [0.1, 0.15) is 27.7 Å². The Kier molecular flexibility index (Phi) is 4.35. The average molecular weight is 201 g/mol. The number of morpholine rings is 1. The van der Waals surface area contributed by atoms with Crippen LogP contribution in [0.5, 0.6) is 0 Å². The van der Waals surface area contributed by atoms with Crippen LogP contribution in [0, 0.1) is 0 Å². The second-order valence-corrected chi connectivity index (χ2v) is 4.80. The molecule has 1 fully saturated rings. The Morgan fingerprint density at radius 1 is 1.43 bits per heavy atom. The van der Waals surface area contributed by atoms with Crippen LogP contribution in [0.3, 0.4) is 0 Å². The van der Waals surface area contributed by atoms with Gasteiger partial charge in [0.15, 0.2) is 0 Å². The van der Waals surface area contributed by atoms with Crippen LogP contribution in [0.4, 0.5) is 0 Å². The molecule has 1 aliphatic rings. The van der Waals surface area contributed by atoms with Gasteiger partial charge in [-0.05, 0) is 27.7 Å². The Bertz CT molecular complexity index is 169. The Morgan fingerprint density at radius 2 is 2.14 bits per heavy atom. The lowest BCUT2D eigenvalue weighted by molar-refractivity contribution is -0.0914. The van der Waals surface area contributed by atoms with Gasteiger partial charge in [-0.3, -0.25) is 4.90 Å². The first-order chi connectivity index (χ1) is 6.49. The van der Waals surface area contributed by atoms with Crippen LogP contribution in [0.15, 0.2) is 0 Å². The van der Waals surface area contributed by atoms with Gasteiger partial charge in [-0.1, -0.05) is 0 Å². The predicted molar refractivity (Wildman–Crippen MR) is 57.6 cm³/mol. The zero-order valence-corrected chi connectivity index (χ0v) is 9.88. The van der Waals surface area contributed by atoms with Gasteiger partial charge in [-0.15, -0.1) is 0 Å². The highest BCUT2D eigenvalue weighted by Crippen LogP contribution is 2.15. The number of rotatable bonds is 4. The third-order valence-corrected chi connectivity index (χ3v) is 2.36. The first kappa shape index (κ1) is 12.0. The Labute approximate surface area is 87.4 Å². The van der Waals surface area contributed by atoms with Gasteiger partial charge in [0.1, 0.15) is 0 Å². The Morgan fingerprint density at radius 3 is 2.71 bits per heavy atom. The van der Waals surface area contributed by atoms with Gasteiger partial charge in [0, 0.05) is 19.6 Å². The molecule has 1 aliphatic heterocycles. The van der Waals surface area contributed by atoms with E-state index < -0.39 is 0 Å². The first-order valence-electron chi connectivity index (χ1n) is 5.47. The molecule has 14 heavy (non-hydrogen) atoms. The Balaban J connectivity index is 2.18. The van der Waals surface area contributed by atoms with Crippen LogP contribution < -0.4 is 0 Å². The lowest BCUT2D eigenvalue weighted by Gasteiger charge is -2.38. The summed E-state index contributed by atoms with van der Waals surface area (Å²) < 4.78 is 11.2. The number of hydrogen-bond acceptors (Lipinski definition) is 3. The van der Waals surface area contributed by atoms with Gasteiger partial charge in [0.05, 0.1) is 24.9 Å². The third-order valence-electron chi connectivity index (χ3n) is 2.36. The average Bonchev–Trinajstić information content (AvgIpc) is 2.01. The minimum Gasteiger partial charge on any atom is -0.377 e. The summed E-state index contributed by atoms with van der Waals surface area (Å²) in [5.74, 6) is 0. The lowest BCUT2D eigenvalue weighted by atomic mass is 10.1. The zero-order chi connectivity index (χ0) is 10.6. The summed E-state index contributed by atoms with van der Waals surface area (Å²) in [4.78, 5) is 2.41. The number of ether oxygens (including phenoxy) is 2. The van der Waals surface area contributed by atoms with Crippen molar-refractivity contribution in [2.45, 2.75) is 39.4 Å². The molecule has 0 aromatic rings. The van der Waals surface area contributed by atoms with Gasteiger partial charge >= 0.3 is 0 Å². The molecule has 3 nitrogen and oxygen atoms in total. The fourth-order valence-corrected chi connectivity index (χ4v) is 1.72. The summed E-state index contributed by atoms with van der Waals surface area (Å²) in [6.45, 7) is 13.2. The van der Waals surface area contributed by atoms with Gasteiger partial charge in [0.2, 0.25) is 0 Å². The molecule has 0 N–H and O–H groups in total. The SMILES string of the molecule is CC(C)OCCN1CCOC(C)(C)C1. The molecular weight excluding hydrogens is 178 g/mol. The van der Waals surface area contributed by atoms with Crippen molar-refractivity contribution in [2.24, 2.45) is 0 Å². The molecule has 0 atom stereocenters. The van der Waals surface area contributed by atoms with Crippen molar-refractivity contribution >= 4 is 0 Å². The fourth-order valence-electron chi connectivity index (χ4n) is 1.72. The molecule has 1 saturated heterocycles. The van der Waals surface area contributed by atoms with Crippen molar-refractivity contribution in [2.75, 3.05) is 32.8 Å². The van der Waals surface area contributed by atoms with Crippen molar-refractivity contribution in [3.05, 3.63) is 0 Å². The van der Waals surface area contributed by atoms with Crippen LogP contribution >= 0.6 is 0 Å². The molecule has 0 spiro atoms. The summed E-state index contributed by atoms with van der Waals surface area (Å²) >= 11 is 0. The molecule has 84 valence electrons. The zero-order valence-electron chi connectivity index (χ0n) is 9.88. The van der Waals surface area contributed by atoms with Crippen LogP contribution in [-0.4, -0.2) is 49.5 Å². The quantitative estimate of drug-likeness (QED) is 0.688. The molecule has 0 unspecified atom stereocenters. The maximum atomic E-state index is 5.64. The Hall–Kier alpha value is -0.120. The van der Waals surface area contributed by atoms with E-state index in [1.165, 1.54) is 0 Å². The molecule has 0 aromatic heterocycles. The molecule has 0 saturated carbocycles. The van der Waals surface area contributed by atoms with Gasteiger partial charge < -0.3 is 9.47 Å². The molecule has 1 rings (SSSR count). The molecule has 3 heteroatoms. The summed E-state index contributed by atoms with van der Waals surface area (Å²) in [5.41, 5.74) is 0.0100. The highest BCUT2D eigenvalue weighted by atomic mass is 16.5. The van der Waals surface area contributed by atoms with E-state index in [0.717, 1.165) is 32.8 Å². The van der Waals surface area contributed by atoms with Crippen molar-refractivity contribution in [3.63, 3.8) is 0 Å². The van der Waals surface area contributed by atoms with E-state index in [9.17, 15) is 0 Å². The fraction of sp³-hybridized carbons (Fsp3) is 1.00. The van der Waals surface area contributed by atoms with Gasteiger partial charge in [-0.2, -0.15) is 0 Å². The molecule has 1 heterocycles. The predicted octanol–water partition coefficient (Wildman–Crippen LogP) is 1.52. The molecule has 0 aromatic carbocycles. The number of nitrogens with zero attached hydrogens (tertiary/aromatic N) is 1. The van der Waals surface area contributed by atoms with E-state index in [0.29, 0.717) is 6.10 Å². The molecule has 0 amide bonds. The smallest absolute Gasteiger partial charge is 0.0753 e. The van der Waals surface area contributed by atoms with Crippen LogP contribution in [-0.2, 0) is 9.47 Å². The summed E-state index contributed by atoms with van der Waals surface area (Å²) in [6.07, 6.45) is 0.337. The van der Waals surface area contributed by atoms with E-state index >= 15 is 0 Å². The molecular formula is C11H23NO2.